The topological polar surface area (TPSA) is 37.3 Å². The van der Waals surface area contributed by atoms with Crippen molar-refractivity contribution in [2.45, 2.75) is 76.6 Å². The molecule has 0 radical (unpaired) electrons. The largest absolute Gasteiger partial charge is 0.477 e. The highest BCUT2D eigenvalue weighted by Crippen LogP contribution is 2.22. The number of rotatable bonds is 13. The molecular weight excluding hydrogens is 298 g/mol. The minimum Gasteiger partial charge on any atom is -0.477 e. The Kier molecular flexibility index (Phi) is 9.49. The molecule has 1 rings (SSSR count). The summed E-state index contributed by atoms with van der Waals surface area (Å²) in [6, 6.07) is 10.5. The minimum atomic E-state index is -3.56. The van der Waals surface area contributed by atoms with Gasteiger partial charge in [0.1, 0.15) is 0 Å². The van der Waals surface area contributed by atoms with E-state index < -0.39 is 18.3 Å². The first-order valence-corrected chi connectivity index (χ1v) is 8.67. The molecule has 0 aliphatic heterocycles. The number of carbonyl (C=O) groups is 1. The van der Waals surface area contributed by atoms with Crippen molar-refractivity contribution in [2.75, 3.05) is 0 Å². The number of hydrogen-bond acceptors (Lipinski definition) is 1. The van der Waals surface area contributed by atoms with Crippen LogP contribution in [-0.2, 0) is 11.2 Å². The number of aryl methyl sites for hydroxylation is 1. The highest BCUT2D eigenvalue weighted by molar-refractivity contribution is 5.75. The number of halogens is 2. The van der Waals surface area contributed by atoms with E-state index >= 15 is 0 Å². The van der Waals surface area contributed by atoms with Crippen molar-refractivity contribution in [3.63, 3.8) is 0 Å². The van der Waals surface area contributed by atoms with Crippen LogP contribution in [-0.4, -0.2) is 17.0 Å². The van der Waals surface area contributed by atoms with E-state index in [-0.39, 0.29) is 6.42 Å². The van der Waals surface area contributed by atoms with Crippen LogP contribution < -0.4 is 0 Å². The number of carboxylic acid groups (broad SMARTS) is 1. The van der Waals surface area contributed by atoms with Crippen LogP contribution in [0.1, 0.15) is 69.8 Å². The quantitative estimate of drug-likeness (QED) is 0.462. The molecule has 0 amide bonds. The molecule has 130 valence electrons. The zero-order chi connectivity index (χ0) is 17.0. The van der Waals surface area contributed by atoms with E-state index in [1.165, 1.54) is 31.2 Å². The fourth-order valence-electron chi connectivity index (χ4n) is 2.67. The van der Waals surface area contributed by atoms with E-state index in [0.717, 1.165) is 25.7 Å². The van der Waals surface area contributed by atoms with Crippen LogP contribution in [0.15, 0.2) is 30.3 Å². The Morgan fingerprint density at radius 3 is 1.83 bits per heavy atom. The molecule has 0 aliphatic carbocycles. The lowest BCUT2D eigenvalue weighted by atomic mass is 10.0. The predicted molar refractivity (Wildman–Crippen MR) is 88.9 cm³/mol. The lowest BCUT2D eigenvalue weighted by Crippen LogP contribution is -2.27. The number of aliphatic carboxylic acids is 1. The molecule has 0 fully saturated rings. The average Bonchev–Trinajstić information content (AvgIpc) is 2.53. The van der Waals surface area contributed by atoms with Crippen molar-refractivity contribution in [3.8, 4) is 0 Å². The first kappa shape index (κ1) is 19.6. The van der Waals surface area contributed by atoms with Gasteiger partial charge in [0.2, 0.25) is 0 Å². The molecule has 0 saturated heterocycles. The third kappa shape index (κ3) is 9.32. The first-order chi connectivity index (χ1) is 11.0. The molecule has 4 heteroatoms. The molecule has 0 unspecified atom stereocenters. The molecule has 1 aromatic rings. The van der Waals surface area contributed by atoms with E-state index in [2.05, 4.69) is 24.3 Å². The molecule has 1 N–H and O–H groups in total. The summed E-state index contributed by atoms with van der Waals surface area (Å²) >= 11 is 0. The molecule has 1 aromatic carbocycles. The summed E-state index contributed by atoms with van der Waals surface area (Å²) in [6.45, 7) is 0. The van der Waals surface area contributed by atoms with Gasteiger partial charge in [-0.05, 0) is 24.8 Å². The van der Waals surface area contributed by atoms with Gasteiger partial charge in [-0.3, -0.25) is 0 Å². The first-order valence-electron chi connectivity index (χ1n) is 8.67. The smallest absolute Gasteiger partial charge is 0.374 e. The van der Waals surface area contributed by atoms with Gasteiger partial charge in [0, 0.05) is 6.42 Å². The van der Waals surface area contributed by atoms with Gasteiger partial charge in [0.15, 0.2) is 0 Å². The molecule has 0 bridgehead atoms. The number of carboxylic acids is 1. The maximum absolute atomic E-state index is 12.8. The van der Waals surface area contributed by atoms with Crippen molar-refractivity contribution in [3.05, 3.63) is 35.9 Å². The maximum Gasteiger partial charge on any atom is 0.374 e. The van der Waals surface area contributed by atoms with Gasteiger partial charge in [-0.15, -0.1) is 0 Å². The van der Waals surface area contributed by atoms with E-state index in [1.807, 2.05) is 6.07 Å². The fourth-order valence-corrected chi connectivity index (χ4v) is 2.67. The Balaban J connectivity index is 1.86. The Hall–Kier alpha value is -1.45. The SMILES string of the molecule is O=C(O)C(F)(F)CCCCCCCCCCCc1ccccc1. The van der Waals surface area contributed by atoms with Gasteiger partial charge in [-0.25, -0.2) is 4.79 Å². The minimum absolute atomic E-state index is 0.288. The van der Waals surface area contributed by atoms with Crippen LogP contribution >= 0.6 is 0 Å². The second kappa shape index (κ2) is 11.1. The molecule has 2 nitrogen and oxygen atoms in total. The normalized spacial score (nSPS) is 11.6. The summed E-state index contributed by atoms with van der Waals surface area (Å²) in [7, 11) is 0. The molecular formula is C19H28F2O2. The monoisotopic (exact) mass is 326 g/mol. The number of unbranched alkanes of at least 4 members (excludes halogenated alkanes) is 8. The second-order valence-corrected chi connectivity index (χ2v) is 6.18. The van der Waals surface area contributed by atoms with Crippen LogP contribution in [0.3, 0.4) is 0 Å². The van der Waals surface area contributed by atoms with Gasteiger partial charge in [-0.2, -0.15) is 8.78 Å². The van der Waals surface area contributed by atoms with Crippen LogP contribution in [0.25, 0.3) is 0 Å². The molecule has 0 spiro atoms. The number of hydrogen-bond donors (Lipinski definition) is 1. The number of alkyl halides is 2. The standard InChI is InChI=1S/C19H28F2O2/c20-19(21,18(22)23)16-12-7-5-3-1-2-4-6-9-13-17-14-10-8-11-15-17/h8,10-11,14-15H,1-7,9,12-13,16H2,(H,22,23). The van der Waals surface area contributed by atoms with E-state index in [4.69, 9.17) is 5.11 Å². The highest BCUT2D eigenvalue weighted by Gasteiger charge is 2.37. The Labute approximate surface area is 137 Å². The molecule has 0 aliphatic rings. The van der Waals surface area contributed by atoms with Gasteiger partial charge in [0.25, 0.3) is 0 Å². The second-order valence-electron chi connectivity index (χ2n) is 6.18. The summed E-state index contributed by atoms with van der Waals surface area (Å²) in [5.41, 5.74) is 1.39. The highest BCUT2D eigenvalue weighted by atomic mass is 19.3. The zero-order valence-electron chi connectivity index (χ0n) is 13.8. The van der Waals surface area contributed by atoms with Crippen molar-refractivity contribution in [1.29, 1.82) is 0 Å². The summed E-state index contributed by atoms with van der Waals surface area (Å²) in [6.07, 6.45) is 9.56. The Morgan fingerprint density at radius 2 is 1.30 bits per heavy atom. The molecule has 23 heavy (non-hydrogen) atoms. The summed E-state index contributed by atoms with van der Waals surface area (Å²) in [4.78, 5) is 10.3. The maximum atomic E-state index is 12.8. The van der Waals surface area contributed by atoms with Gasteiger partial charge >= 0.3 is 11.9 Å². The van der Waals surface area contributed by atoms with Gasteiger partial charge in [0.05, 0.1) is 0 Å². The summed E-state index contributed by atoms with van der Waals surface area (Å²) in [5, 5.41) is 8.31. The molecule has 0 aromatic heterocycles. The lowest BCUT2D eigenvalue weighted by molar-refractivity contribution is -0.165. The Morgan fingerprint density at radius 1 is 0.826 bits per heavy atom. The molecule has 0 saturated carbocycles. The third-order valence-corrected chi connectivity index (χ3v) is 4.11. The van der Waals surface area contributed by atoms with Crippen LogP contribution in [0.4, 0.5) is 8.78 Å². The van der Waals surface area contributed by atoms with Crippen molar-refractivity contribution >= 4 is 5.97 Å². The lowest BCUT2D eigenvalue weighted by Gasteiger charge is -2.10. The molecule has 0 heterocycles. The van der Waals surface area contributed by atoms with Gasteiger partial charge < -0.3 is 5.11 Å². The summed E-state index contributed by atoms with van der Waals surface area (Å²) in [5.74, 6) is -5.56. The summed E-state index contributed by atoms with van der Waals surface area (Å²) < 4.78 is 25.6. The fraction of sp³-hybridized carbons (Fsp3) is 0.632. The predicted octanol–water partition coefficient (Wildman–Crippen LogP) is 5.85. The van der Waals surface area contributed by atoms with E-state index in [0.29, 0.717) is 6.42 Å². The van der Waals surface area contributed by atoms with E-state index in [9.17, 15) is 13.6 Å². The van der Waals surface area contributed by atoms with Crippen molar-refractivity contribution < 1.29 is 18.7 Å². The van der Waals surface area contributed by atoms with Crippen molar-refractivity contribution in [1.82, 2.24) is 0 Å². The Bertz CT molecular complexity index is 432. The molecule has 0 atom stereocenters. The van der Waals surface area contributed by atoms with Crippen LogP contribution in [0.2, 0.25) is 0 Å². The number of benzene rings is 1. The van der Waals surface area contributed by atoms with Crippen molar-refractivity contribution in [2.24, 2.45) is 0 Å². The van der Waals surface area contributed by atoms with Crippen LogP contribution in [0, 0.1) is 0 Å². The third-order valence-electron chi connectivity index (χ3n) is 4.11. The van der Waals surface area contributed by atoms with Crippen LogP contribution in [0.5, 0.6) is 0 Å². The van der Waals surface area contributed by atoms with Gasteiger partial charge in [-0.1, -0.05) is 75.3 Å². The van der Waals surface area contributed by atoms with E-state index in [1.54, 1.807) is 0 Å². The zero-order valence-corrected chi connectivity index (χ0v) is 13.8. The average molecular weight is 326 g/mol.